The third-order valence-corrected chi connectivity index (χ3v) is 5.64. The molecule has 3 aromatic rings. The fraction of sp³-hybridized carbons (Fsp3) is 0.222. The zero-order valence-electron chi connectivity index (χ0n) is 20.2. The summed E-state index contributed by atoms with van der Waals surface area (Å²) < 4.78 is 0. The highest BCUT2D eigenvalue weighted by atomic mass is 32.2. The van der Waals surface area contributed by atoms with Crippen LogP contribution in [0.15, 0.2) is 84.9 Å². The summed E-state index contributed by atoms with van der Waals surface area (Å²) in [6.07, 6.45) is 4.03. The largest absolute Gasteiger partial charge is 0.481 e. The van der Waals surface area contributed by atoms with Crippen molar-refractivity contribution in [2.24, 2.45) is 5.73 Å². The number of hydrogen-bond acceptors (Lipinski definition) is 5. The SMILES string of the molecule is CC(=O)O.CSCCN(C(N)=O)C(=O)c1ccc(-c2ccccc2)cc1.CSCc1ccccc1. The van der Waals surface area contributed by atoms with Gasteiger partial charge in [0, 0.05) is 30.5 Å². The minimum Gasteiger partial charge on any atom is -0.481 e. The molecular formula is C27H32N2O4S2. The van der Waals surface area contributed by atoms with Crippen LogP contribution in [0.3, 0.4) is 0 Å². The van der Waals surface area contributed by atoms with E-state index in [0.717, 1.165) is 28.7 Å². The number of primary amides is 1. The number of carboxylic acid groups (broad SMARTS) is 1. The number of hydrogen-bond donors (Lipinski definition) is 2. The molecule has 0 radical (unpaired) electrons. The molecule has 0 aromatic heterocycles. The van der Waals surface area contributed by atoms with Crippen LogP contribution in [0.4, 0.5) is 4.79 Å². The third-order valence-electron chi connectivity index (χ3n) is 4.42. The minimum atomic E-state index is -0.833. The molecule has 0 aliphatic heterocycles. The van der Waals surface area contributed by atoms with E-state index >= 15 is 0 Å². The Morgan fingerprint density at radius 1 is 0.800 bits per heavy atom. The molecule has 3 aromatic carbocycles. The minimum absolute atomic E-state index is 0.315. The van der Waals surface area contributed by atoms with E-state index in [4.69, 9.17) is 15.6 Å². The van der Waals surface area contributed by atoms with Crippen molar-refractivity contribution in [3.05, 3.63) is 96.1 Å². The molecule has 186 valence electrons. The van der Waals surface area contributed by atoms with Gasteiger partial charge in [-0.2, -0.15) is 23.5 Å². The lowest BCUT2D eigenvalue weighted by Gasteiger charge is -2.18. The summed E-state index contributed by atoms with van der Waals surface area (Å²) in [5.41, 5.74) is 9.26. The summed E-state index contributed by atoms with van der Waals surface area (Å²) in [6, 6.07) is 26.9. The molecule has 0 unspecified atom stereocenters. The lowest BCUT2D eigenvalue weighted by atomic mass is 10.0. The highest BCUT2D eigenvalue weighted by Crippen LogP contribution is 2.20. The van der Waals surface area contributed by atoms with Crippen LogP contribution in [0.25, 0.3) is 11.1 Å². The standard InChI is InChI=1S/C17H18N2O2S.C8H10S.C2H4O2/c1-22-12-11-19(17(18)21)16(20)15-9-7-14(8-10-15)13-5-3-2-4-6-13;1-9-7-8-5-3-2-4-6-8;1-2(3)4/h2-10H,11-12H2,1H3,(H2,18,21);2-6H,7H2,1H3;1H3,(H,3,4). The number of aliphatic carboxylic acids is 1. The van der Waals surface area contributed by atoms with Gasteiger partial charge in [-0.3, -0.25) is 14.5 Å². The Morgan fingerprint density at radius 3 is 1.74 bits per heavy atom. The smallest absolute Gasteiger partial charge is 0.321 e. The van der Waals surface area contributed by atoms with Gasteiger partial charge in [0.2, 0.25) is 0 Å². The van der Waals surface area contributed by atoms with Crippen molar-refractivity contribution in [1.29, 1.82) is 0 Å². The second kappa shape index (κ2) is 17.2. The maximum Gasteiger partial charge on any atom is 0.321 e. The van der Waals surface area contributed by atoms with E-state index < -0.39 is 12.0 Å². The maximum atomic E-state index is 12.4. The maximum absolute atomic E-state index is 12.4. The van der Waals surface area contributed by atoms with Crippen molar-refractivity contribution < 1.29 is 19.5 Å². The van der Waals surface area contributed by atoms with Gasteiger partial charge in [0.05, 0.1) is 0 Å². The lowest BCUT2D eigenvalue weighted by molar-refractivity contribution is -0.134. The molecule has 0 atom stereocenters. The Morgan fingerprint density at radius 2 is 1.29 bits per heavy atom. The van der Waals surface area contributed by atoms with Gasteiger partial charge in [-0.05, 0) is 41.3 Å². The van der Waals surface area contributed by atoms with E-state index in [9.17, 15) is 9.59 Å². The zero-order chi connectivity index (χ0) is 26.1. The third kappa shape index (κ3) is 12.2. The van der Waals surface area contributed by atoms with Gasteiger partial charge < -0.3 is 10.8 Å². The zero-order valence-corrected chi connectivity index (χ0v) is 21.9. The van der Waals surface area contributed by atoms with Gasteiger partial charge in [-0.15, -0.1) is 0 Å². The first-order valence-corrected chi connectivity index (χ1v) is 13.6. The molecule has 0 fully saturated rings. The highest BCUT2D eigenvalue weighted by molar-refractivity contribution is 7.98. The number of carbonyl (C=O) groups is 3. The van der Waals surface area contributed by atoms with Crippen molar-refractivity contribution >= 4 is 41.4 Å². The first-order chi connectivity index (χ1) is 16.8. The average molecular weight is 513 g/mol. The molecule has 0 bridgehead atoms. The van der Waals surface area contributed by atoms with Crippen LogP contribution >= 0.6 is 23.5 Å². The fourth-order valence-corrected chi connectivity index (χ4v) is 3.72. The average Bonchev–Trinajstić information content (AvgIpc) is 2.85. The van der Waals surface area contributed by atoms with Crippen LogP contribution in [0.2, 0.25) is 0 Å². The quantitative estimate of drug-likeness (QED) is 0.410. The van der Waals surface area contributed by atoms with E-state index in [0.29, 0.717) is 17.9 Å². The molecule has 0 aliphatic rings. The molecule has 3 N–H and O–H groups in total. The second-order valence-electron chi connectivity index (χ2n) is 7.17. The van der Waals surface area contributed by atoms with Crippen LogP contribution in [0.1, 0.15) is 22.8 Å². The van der Waals surface area contributed by atoms with E-state index in [-0.39, 0.29) is 5.91 Å². The summed E-state index contributed by atoms with van der Waals surface area (Å²) in [5, 5.41) is 7.42. The van der Waals surface area contributed by atoms with E-state index in [1.54, 1.807) is 23.9 Å². The van der Waals surface area contributed by atoms with Gasteiger partial charge in [0.15, 0.2) is 0 Å². The molecule has 0 saturated heterocycles. The van der Waals surface area contributed by atoms with Crippen LogP contribution in [0.5, 0.6) is 0 Å². The Balaban J connectivity index is 0.000000387. The van der Waals surface area contributed by atoms with Gasteiger partial charge in [-0.25, -0.2) is 4.79 Å². The Bertz CT molecular complexity index is 1030. The summed E-state index contributed by atoms with van der Waals surface area (Å²) >= 11 is 3.41. The predicted molar refractivity (Wildman–Crippen MR) is 148 cm³/mol. The predicted octanol–water partition coefficient (Wildman–Crippen LogP) is 5.88. The van der Waals surface area contributed by atoms with Crippen molar-refractivity contribution in [3.8, 4) is 11.1 Å². The first-order valence-electron chi connectivity index (χ1n) is 10.8. The Hall–Kier alpha value is -3.23. The molecule has 35 heavy (non-hydrogen) atoms. The molecule has 0 aliphatic carbocycles. The van der Waals surface area contributed by atoms with Crippen LogP contribution in [0, 0.1) is 0 Å². The normalized spacial score (nSPS) is 9.57. The van der Waals surface area contributed by atoms with Gasteiger partial charge in [0.25, 0.3) is 11.9 Å². The molecule has 3 rings (SSSR count). The number of imide groups is 1. The number of carboxylic acids is 1. The number of carbonyl (C=O) groups excluding carboxylic acids is 2. The Kier molecular flexibility index (Phi) is 14.7. The molecule has 0 saturated carbocycles. The number of thioether (sulfide) groups is 2. The van der Waals surface area contributed by atoms with Gasteiger partial charge >= 0.3 is 6.03 Å². The van der Waals surface area contributed by atoms with Crippen LogP contribution in [-0.2, 0) is 10.5 Å². The van der Waals surface area contributed by atoms with Crippen molar-refractivity contribution in [3.63, 3.8) is 0 Å². The van der Waals surface area contributed by atoms with Gasteiger partial charge in [0.1, 0.15) is 0 Å². The summed E-state index contributed by atoms with van der Waals surface area (Å²) in [4.78, 5) is 33.9. The molecule has 8 heteroatoms. The lowest BCUT2D eigenvalue weighted by Crippen LogP contribution is -2.42. The number of urea groups is 1. The number of rotatable bonds is 7. The summed E-state index contributed by atoms with van der Waals surface area (Å²) in [6.45, 7) is 1.40. The van der Waals surface area contributed by atoms with Gasteiger partial charge in [-0.1, -0.05) is 72.8 Å². The topological polar surface area (TPSA) is 101 Å². The van der Waals surface area contributed by atoms with E-state index in [1.165, 1.54) is 5.56 Å². The van der Waals surface area contributed by atoms with Crippen molar-refractivity contribution in [1.82, 2.24) is 4.90 Å². The molecule has 0 heterocycles. The van der Waals surface area contributed by atoms with Crippen LogP contribution in [-0.4, -0.2) is 52.7 Å². The monoisotopic (exact) mass is 512 g/mol. The molecule has 6 nitrogen and oxygen atoms in total. The fourth-order valence-electron chi connectivity index (χ4n) is 2.83. The number of amides is 3. The first kappa shape index (κ1) is 29.8. The molecule has 3 amide bonds. The molecular weight excluding hydrogens is 480 g/mol. The Labute approximate surface area is 215 Å². The molecule has 0 spiro atoms. The van der Waals surface area contributed by atoms with Crippen molar-refractivity contribution in [2.75, 3.05) is 24.8 Å². The van der Waals surface area contributed by atoms with E-state index in [2.05, 4.69) is 30.5 Å². The number of nitrogens with two attached hydrogens (primary N) is 1. The van der Waals surface area contributed by atoms with E-state index in [1.807, 2.05) is 66.5 Å². The second-order valence-corrected chi connectivity index (χ2v) is 9.02. The summed E-state index contributed by atoms with van der Waals surface area (Å²) in [5.74, 6) is 0.596. The van der Waals surface area contributed by atoms with Crippen molar-refractivity contribution in [2.45, 2.75) is 12.7 Å². The highest BCUT2D eigenvalue weighted by Gasteiger charge is 2.19. The number of benzene rings is 3. The van der Waals surface area contributed by atoms with Crippen LogP contribution < -0.4 is 5.73 Å². The summed E-state index contributed by atoms with van der Waals surface area (Å²) in [7, 11) is 0. The number of nitrogens with zero attached hydrogens (tertiary/aromatic N) is 1.